The monoisotopic (exact) mass is 281 g/mol. The van der Waals surface area contributed by atoms with Crippen LogP contribution in [0.25, 0.3) is 10.8 Å². The molecule has 21 heavy (non-hydrogen) atoms. The van der Waals surface area contributed by atoms with Crippen LogP contribution < -0.4 is 16.4 Å². The predicted molar refractivity (Wildman–Crippen MR) is 84.2 cm³/mol. The molecule has 2 aromatic rings. The highest BCUT2D eigenvalue weighted by Crippen LogP contribution is 2.28. The van der Waals surface area contributed by atoms with Crippen LogP contribution in [0, 0.1) is 0 Å². The molecule has 0 aromatic heterocycles. The number of fused-ring (bicyclic) bond motifs is 3. The van der Waals surface area contributed by atoms with E-state index in [4.69, 9.17) is 5.73 Å². The molecule has 2 aliphatic rings. The van der Waals surface area contributed by atoms with Crippen molar-refractivity contribution < 1.29 is 4.79 Å². The van der Waals surface area contributed by atoms with Gasteiger partial charge < -0.3 is 16.4 Å². The summed E-state index contributed by atoms with van der Waals surface area (Å²) in [5.74, 6) is 0.0127. The number of hydrogen-bond acceptors (Lipinski definition) is 3. The number of carbonyl (C=O) groups is 1. The van der Waals surface area contributed by atoms with E-state index in [-0.39, 0.29) is 11.9 Å². The number of rotatable bonds is 2. The van der Waals surface area contributed by atoms with Crippen molar-refractivity contribution in [3.05, 3.63) is 42.0 Å². The van der Waals surface area contributed by atoms with E-state index < -0.39 is 0 Å². The van der Waals surface area contributed by atoms with Gasteiger partial charge in [0.2, 0.25) is 0 Å². The molecule has 2 aliphatic heterocycles. The van der Waals surface area contributed by atoms with E-state index in [1.807, 2.05) is 36.4 Å². The number of nitrogens with two attached hydrogens (primary N) is 1. The maximum atomic E-state index is 12.4. The molecule has 0 unspecified atom stereocenters. The van der Waals surface area contributed by atoms with E-state index in [2.05, 4.69) is 10.6 Å². The minimum Gasteiger partial charge on any atom is -0.399 e. The highest BCUT2D eigenvalue weighted by molar-refractivity contribution is 5.99. The highest BCUT2D eigenvalue weighted by Gasteiger charge is 2.39. The number of nitrogen functional groups attached to an aromatic ring is 1. The van der Waals surface area contributed by atoms with Gasteiger partial charge in [0.25, 0.3) is 5.91 Å². The smallest absolute Gasteiger partial charge is 0.251 e. The third-order valence-corrected chi connectivity index (χ3v) is 4.74. The molecular formula is C17H19N3O. The largest absolute Gasteiger partial charge is 0.399 e. The van der Waals surface area contributed by atoms with Crippen molar-refractivity contribution in [1.82, 2.24) is 10.6 Å². The Morgan fingerprint density at radius 2 is 2.00 bits per heavy atom. The average Bonchev–Trinajstić information content (AvgIpc) is 3.09. The number of hydrogen-bond donors (Lipinski definition) is 3. The molecule has 0 radical (unpaired) electrons. The zero-order valence-corrected chi connectivity index (χ0v) is 11.8. The predicted octanol–water partition coefficient (Wildman–Crippen LogP) is 2.04. The molecular weight excluding hydrogens is 262 g/mol. The van der Waals surface area contributed by atoms with Gasteiger partial charge in [-0.05, 0) is 54.3 Å². The fourth-order valence-electron chi connectivity index (χ4n) is 3.64. The zero-order chi connectivity index (χ0) is 14.4. The average molecular weight is 281 g/mol. The van der Waals surface area contributed by atoms with Gasteiger partial charge >= 0.3 is 0 Å². The lowest BCUT2D eigenvalue weighted by Gasteiger charge is -2.21. The Bertz CT molecular complexity index is 712. The molecule has 0 saturated carbocycles. The number of benzene rings is 2. The van der Waals surface area contributed by atoms with E-state index >= 15 is 0 Å². The Morgan fingerprint density at radius 1 is 1.14 bits per heavy atom. The first-order chi connectivity index (χ1) is 10.2. The van der Waals surface area contributed by atoms with Crippen LogP contribution in [0.2, 0.25) is 0 Å². The lowest BCUT2D eigenvalue weighted by molar-refractivity contribution is 0.0931. The number of carbonyl (C=O) groups excluding carboxylic acids is 1. The summed E-state index contributed by atoms with van der Waals surface area (Å²) >= 11 is 0. The standard InChI is InChI=1S/C17H19N3O/c18-13-4-3-10-1-2-11(7-12(10)8-13)17(21)20-16-9-14-5-6-15(16)19-14/h1-4,7-8,14-16,19H,5-6,9,18H2,(H,20,21)/t14-,15+,16-/m1/s1. The molecule has 1 amide bonds. The van der Waals surface area contributed by atoms with Crippen LogP contribution in [0.15, 0.2) is 36.4 Å². The Morgan fingerprint density at radius 3 is 2.76 bits per heavy atom. The van der Waals surface area contributed by atoms with Gasteiger partial charge in [-0.25, -0.2) is 0 Å². The summed E-state index contributed by atoms with van der Waals surface area (Å²) < 4.78 is 0. The number of amides is 1. The molecule has 2 fully saturated rings. The minimum atomic E-state index is 0.0127. The molecule has 2 aromatic carbocycles. The molecule has 2 heterocycles. The van der Waals surface area contributed by atoms with Crippen molar-refractivity contribution in [2.75, 3.05) is 5.73 Å². The Kier molecular flexibility index (Phi) is 2.86. The zero-order valence-electron chi connectivity index (χ0n) is 11.8. The molecule has 108 valence electrons. The first kappa shape index (κ1) is 12.7. The SMILES string of the molecule is Nc1ccc2ccc(C(=O)N[C@@H]3C[C@H]4CC[C@@H]3N4)cc2c1. The quantitative estimate of drug-likeness (QED) is 0.738. The van der Waals surface area contributed by atoms with E-state index in [1.54, 1.807) is 0 Å². The Hall–Kier alpha value is -2.07. The normalized spacial score (nSPS) is 27.1. The molecule has 2 saturated heterocycles. The van der Waals surface area contributed by atoms with Crippen molar-refractivity contribution >= 4 is 22.4 Å². The van der Waals surface area contributed by atoms with Gasteiger partial charge in [-0.2, -0.15) is 0 Å². The van der Waals surface area contributed by atoms with Crippen molar-refractivity contribution in [3.63, 3.8) is 0 Å². The topological polar surface area (TPSA) is 67.2 Å². The van der Waals surface area contributed by atoms with Gasteiger partial charge in [0.05, 0.1) is 0 Å². The third-order valence-electron chi connectivity index (χ3n) is 4.74. The van der Waals surface area contributed by atoms with Gasteiger partial charge in [0, 0.05) is 29.4 Å². The van der Waals surface area contributed by atoms with Crippen LogP contribution in [0.3, 0.4) is 0 Å². The van der Waals surface area contributed by atoms with Crippen molar-refractivity contribution in [1.29, 1.82) is 0 Å². The van der Waals surface area contributed by atoms with E-state index in [0.29, 0.717) is 17.6 Å². The van der Waals surface area contributed by atoms with Gasteiger partial charge in [-0.1, -0.05) is 12.1 Å². The van der Waals surface area contributed by atoms with E-state index in [0.717, 1.165) is 22.9 Å². The maximum absolute atomic E-state index is 12.4. The molecule has 4 N–H and O–H groups in total. The van der Waals surface area contributed by atoms with Gasteiger partial charge in [0.1, 0.15) is 0 Å². The third kappa shape index (κ3) is 2.25. The summed E-state index contributed by atoms with van der Waals surface area (Å²) in [6.07, 6.45) is 3.47. The van der Waals surface area contributed by atoms with Crippen LogP contribution in [-0.4, -0.2) is 24.0 Å². The maximum Gasteiger partial charge on any atom is 0.251 e. The van der Waals surface area contributed by atoms with Crippen LogP contribution in [0.1, 0.15) is 29.6 Å². The van der Waals surface area contributed by atoms with E-state index in [1.165, 1.54) is 12.8 Å². The molecule has 3 atom stereocenters. The lowest BCUT2D eigenvalue weighted by atomic mass is 9.95. The summed E-state index contributed by atoms with van der Waals surface area (Å²) in [4.78, 5) is 12.4. The molecule has 2 bridgehead atoms. The van der Waals surface area contributed by atoms with Crippen LogP contribution in [0.5, 0.6) is 0 Å². The van der Waals surface area contributed by atoms with Crippen LogP contribution in [-0.2, 0) is 0 Å². The number of anilines is 1. The van der Waals surface area contributed by atoms with Crippen LogP contribution >= 0.6 is 0 Å². The van der Waals surface area contributed by atoms with Crippen LogP contribution in [0.4, 0.5) is 5.69 Å². The first-order valence-electron chi connectivity index (χ1n) is 7.55. The summed E-state index contributed by atoms with van der Waals surface area (Å²) in [6.45, 7) is 0. The second-order valence-corrected chi connectivity index (χ2v) is 6.18. The Labute approximate surface area is 123 Å². The fraction of sp³-hybridized carbons (Fsp3) is 0.353. The summed E-state index contributed by atoms with van der Waals surface area (Å²) in [5.41, 5.74) is 7.24. The second-order valence-electron chi connectivity index (χ2n) is 6.18. The van der Waals surface area contributed by atoms with Crippen molar-refractivity contribution in [2.45, 2.75) is 37.4 Å². The molecule has 4 nitrogen and oxygen atoms in total. The van der Waals surface area contributed by atoms with Gasteiger partial charge in [0.15, 0.2) is 0 Å². The summed E-state index contributed by atoms with van der Waals surface area (Å²) in [7, 11) is 0. The van der Waals surface area contributed by atoms with Gasteiger partial charge in [-0.15, -0.1) is 0 Å². The molecule has 4 rings (SSSR count). The summed E-state index contributed by atoms with van der Waals surface area (Å²) in [6, 6.07) is 12.9. The molecule has 0 aliphatic carbocycles. The molecule has 4 heteroatoms. The van der Waals surface area contributed by atoms with Crippen molar-refractivity contribution in [2.24, 2.45) is 0 Å². The first-order valence-corrected chi connectivity index (χ1v) is 7.55. The lowest BCUT2D eigenvalue weighted by Crippen LogP contribution is -2.42. The van der Waals surface area contributed by atoms with Gasteiger partial charge in [-0.3, -0.25) is 4.79 Å². The Balaban J connectivity index is 1.56. The second kappa shape index (κ2) is 4.74. The number of nitrogens with one attached hydrogen (secondary N) is 2. The minimum absolute atomic E-state index is 0.0127. The highest BCUT2D eigenvalue weighted by atomic mass is 16.1. The summed E-state index contributed by atoms with van der Waals surface area (Å²) in [5, 5.41) is 8.82. The van der Waals surface area contributed by atoms with E-state index in [9.17, 15) is 4.79 Å². The fourth-order valence-corrected chi connectivity index (χ4v) is 3.64. The van der Waals surface area contributed by atoms with Crippen molar-refractivity contribution in [3.8, 4) is 0 Å². The molecule has 0 spiro atoms.